The molecule has 4 aromatic rings. The summed E-state index contributed by atoms with van der Waals surface area (Å²) >= 11 is 5.97. The van der Waals surface area contributed by atoms with E-state index in [1.54, 1.807) is 6.07 Å². The van der Waals surface area contributed by atoms with Gasteiger partial charge in [-0.15, -0.1) is 0 Å². The van der Waals surface area contributed by atoms with Gasteiger partial charge >= 0.3 is 0 Å². The van der Waals surface area contributed by atoms with E-state index in [0.717, 1.165) is 61.9 Å². The first-order valence-corrected chi connectivity index (χ1v) is 15.1. The van der Waals surface area contributed by atoms with Gasteiger partial charge in [-0.3, -0.25) is 9.78 Å². The van der Waals surface area contributed by atoms with Gasteiger partial charge in [-0.25, -0.2) is 0 Å². The molecule has 0 saturated carbocycles. The fourth-order valence-corrected chi connectivity index (χ4v) is 5.85. The van der Waals surface area contributed by atoms with Crippen molar-refractivity contribution in [1.82, 2.24) is 4.98 Å². The lowest BCUT2D eigenvalue weighted by atomic mass is 9.92. The third-order valence-electron chi connectivity index (χ3n) is 7.89. The lowest BCUT2D eigenvalue weighted by Crippen LogP contribution is -2.19. The van der Waals surface area contributed by atoms with E-state index in [2.05, 4.69) is 29.6 Å². The van der Waals surface area contributed by atoms with Crippen molar-refractivity contribution in [1.29, 1.82) is 0 Å². The molecule has 0 saturated heterocycles. The van der Waals surface area contributed by atoms with E-state index < -0.39 is 0 Å². The van der Waals surface area contributed by atoms with Gasteiger partial charge in [-0.05, 0) is 86.1 Å². The number of ketones is 1. The van der Waals surface area contributed by atoms with Gasteiger partial charge < -0.3 is 14.8 Å². The summed E-state index contributed by atoms with van der Waals surface area (Å²) in [5, 5.41) is 5.67. The molecule has 6 rings (SSSR count). The number of unbranched alkanes of at least 4 members (excludes halogenated alkanes) is 3. The molecule has 0 spiro atoms. The molecule has 0 unspecified atom stereocenters. The largest absolute Gasteiger partial charge is 0.493 e. The number of nitrogens with one attached hydrogen (secondary N) is 1. The number of halogens is 1. The molecule has 1 N–H and O–H groups in total. The van der Waals surface area contributed by atoms with Crippen LogP contribution in [0.5, 0.6) is 11.5 Å². The number of fused-ring (bicyclic) bond motifs is 3. The number of pyridine rings is 1. The number of aryl methyl sites for hydroxylation is 1. The van der Waals surface area contributed by atoms with Crippen molar-refractivity contribution >= 4 is 40.1 Å². The molecule has 6 heteroatoms. The molecule has 0 bridgehead atoms. The van der Waals surface area contributed by atoms with Crippen LogP contribution in [0.4, 0.5) is 5.69 Å². The van der Waals surface area contributed by atoms with Crippen molar-refractivity contribution in [3.63, 3.8) is 0 Å². The fraction of sp³-hybridized carbons (Fsp3) is 0.314. The zero-order chi connectivity index (χ0) is 28.0. The molecule has 1 aromatic heterocycles. The highest BCUT2D eigenvalue weighted by Gasteiger charge is 2.24. The highest BCUT2D eigenvalue weighted by Crippen LogP contribution is 2.34. The maximum atomic E-state index is 13.0. The maximum absolute atomic E-state index is 13.0. The lowest BCUT2D eigenvalue weighted by molar-refractivity contribution is 0.100. The number of Topliss-reactive ketones (excluding diaryl/α,β-unsaturated/α-hetero) is 1. The highest BCUT2D eigenvalue weighted by molar-refractivity contribution is 6.30. The summed E-state index contributed by atoms with van der Waals surface area (Å²) < 4.78 is 11.9. The van der Waals surface area contributed by atoms with E-state index in [9.17, 15) is 4.79 Å². The average molecular weight is 567 g/mol. The summed E-state index contributed by atoms with van der Waals surface area (Å²) in [6.07, 6.45) is 10.9. The van der Waals surface area contributed by atoms with E-state index >= 15 is 0 Å². The van der Waals surface area contributed by atoms with E-state index in [1.165, 1.54) is 35.2 Å². The minimum Gasteiger partial charge on any atom is -0.493 e. The minimum atomic E-state index is -0.0124. The second-order valence-corrected chi connectivity index (χ2v) is 11.3. The van der Waals surface area contributed by atoms with E-state index in [-0.39, 0.29) is 12.4 Å². The van der Waals surface area contributed by atoms with Gasteiger partial charge in [0.05, 0.1) is 17.7 Å². The fourth-order valence-electron chi connectivity index (χ4n) is 5.72. The molecule has 0 radical (unpaired) electrons. The van der Waals surface area contributed by atoms with E-state index in [0.29, 0.717) is 28.5 Å². The van der Waals surface area contributed by atoms with E-state index in [1.807, 2.05) is 42.5 Å². The number of ether oxygens (including phenoxy) is 2. The smallest absolute Gasteiger partial charge is 0.196 e. The number of carbonyl (C=O) groups is 1. The number of rotatable bonds is 10. The molecule has 0 amide bonds. The highest BCUT2D eigenvalue weighted by atomic mass is 35.5. The van der Waals surface area contributed by atoms with Crippen LogP contribution in [0.15, 0.2) is 72.3 Å². The molecule has 5 nitrogen and oxygen atoms in total. The first-order chi connectivity index (χ1) is 20.2. The molecule has 0 atom stereocenters. The molecule has 2 heterocycles. The predicted octanol–water partition coefficient (Wildman–Crippen LogP) is 8.48. The zero-order valence-electron chi connectivity index (χ0n) is 23.3. The van der Waals surface area contributed by atoms with Crippen LogP contribution >= 0.6 is 11.6 Å². The summed E-state index contributed by atoms with van der Waals surface area (Å²) in [6, 6.07) is 21.4. The van der Waals surface area contributed by atoms with Gasteiger partial charge in [0.2, 0.25) is 0 Å². The van der Waals surface area contributed by atoms with Gasteiger partial charge in [-0.2, -0.15) is 0 Å². The van der Waals surface area contributed by atoms with Crippen LogP contribution in [0.1, 0.15) is 65.7 Å². The van der Waals surface area contributed by atoms with Crippen LogP contribution in [0.25, 0.3) is 17.0 Å². The Morgan fingerprint density at radius 1 is 0.951 bits per heavy atom. The minimum absolute atomic E-state index is 0.0124. The third kappa shape index (κ3) is 6.41. The summed E-state index contributed by atoms with van der Waals surface area (Å²) in [5.74, 6) is 1.30. The SMILES string of the molecule is O=C1/C(=C/c2ccc(Cl)cc2)COc2cc(OCCCCCCNc3c4c(nc5ccccc35)CCCC4)ccc21. The van der Waals surface area contributed by atoms with Gasteiger partial charge in [0.25, 0.3) is 0 Å². The van der Waals surface area contributed by atoms with Crippen molar-refractivity contribution in [3.8, 4) is 11.5 Å². The van der Waals surface area contributed by atoms with Crippen LogP contribution in [-0.2, 0) is 12.8 Å². The molecule has 1 aliphatic carbocycles. The Balaban J connectivity index is 0.951. The Labute approximate surface area is 246 Å². The topological polar surface area (TPSA) is 60.5 Å². The monoisotopic (exact) mass is 566 g/mol. The number of hydrogen-bond donors (Lipinski definition) is 1. The molecule has 2 aliphatic rings. The summed E-state index contributed by atoms with van der Waals surface area (Å²) in [7, 11) is 0. The predicted molar refractivity (Wildman–Crippen MR) is 167 cm³/mol. The second-order valence-electron chi connectivity index (χ2n) is 10.8. The molecule has 3 aromatic carbocycles. The molecular formula is C35H35ClN2O3. The zero-order valence-corrected chi connectivity index (χ0v) is 24.0. The van der Waals surface area contributed by atoms with Gasteiger partial charge in [0, 0.05) is 40.0 Å². The van der Waals surface area contributed by atoms with Crippen molar-refractivity contribution < 1.29 is 14.3 Å². The number of para-hydroxylation sites is 1. The van der Waals surface area contributed by atoms with Gasteiger partial charge in [0.1, 0.15) is 18.1 Å². The molecule has 1 aliphatic heterocycles. The Bertz CT molecular complexity index is 1580. The first-order valence-electron chi connectivity index (χ1n) is 14.7. The second kappa shape index (κ2) is 12.8. The number of benzene rings is 3. The Hall–Kier alpha value is -3.83. The van der Waals surface area contributed by atoms with Crippen LogP contribution in [0.3, 0.4) is 0 Å². The van der Waals surface area contributed by atoms with Crippen molar-refractivity contribution in [3.05, 3.63) is 99.7 Å². The standard InChI is InChI=1S/C35H35ClN2O3/c36-26-15-13-24(14-16-26)21-25-23-41-33-22-27(17-18-30(33)35(25)39)40-20-8-2-1-7-19-37-34-28-9-3-5-11-31(28)38-32-12-6-4-10-29(32)34/h3,5,9,11,13-18,21-22H,1-2,4,6-8,10,12,19-20,23H2,(H,37,38)/b25-21+. The quantitative estimate of drug-likeness (QED) is 0.154. The normalized spacial score (nSPS) is 15.3. The van der Waals surface area contributed by atoms with Crippen LogP contribution in [0, 0.1) is 0 Å². The van der Waals surface area contributed by atoms with Crippen LogP contribution in [0.2, 0.25) is 5.02 Å². The molecule has 0 fully saturated rings. The average Bonchev–Trinajstić information content (AvgIpc) is 3.00. The number of hydrogen-bond acceptors (Lipinski definition) is 5. The van der Waals surface area contributed by atoms with Gasteiger partial charge in [0.15, 0.2) is 5.78 Å². The summed E-state index contributed by atoms with van der Waals surface area (Å²) in [5.41, 5.74) is 7.22. The lowest BCUT2D eigenvalue weighted by Gasteiger charge is -2.21. The number of carbonyl (C=O) groups excluding carboxylic acids is 1. The maximum Gasteiger partial charge on any atom is 0.196 e. The first kappa shape index (κ1) is 27.3. The number of aromatic nitrogens is 1. The summed E-state index contributed by atoms with van der Waals surface area (Å²) in [6.45, 7) is 1.85. The number of anilines is 1. The number of nitrogens with zero attached hydrogens (tertiary/aromatic N) is 1. The van der Waals surface area contributed by atoms with Crippen molar-refractivity contribution in [2.24, 2.45) is 0 Å². The molecule has 210 valence electrons. The van der Waals surface area contributed by atoms with E-state index in [4.69, 9.17) is 26.1 Å². The van der Waals surface area contributed by atoms with Crippen molar-refractivity contribution in [2.45, 2.75) is 51.4 Å². The van der Waals surface area contributed by atoms with Crippen molar-refractivity contribution in [2.75, 3.05) is 25.1 Å². The molecule has 41 heavy (non-hydrogen) atoms. The Morgan fingerprint density at radius 3 is 2.68 bits per heavy atom. The molecular weight excluding hydrogens is 532 g/mol. The van der Waals surface area contributed by atoms with Gasteiger partial charge in [-0.1, -0.05) is 54.8 Å². The summed E-state index contributed by atoms with van der Waals surface area (Å²) in [4.78, 5) is 17.9. The van der Waals surface area contributed by atoms with Crippen LogP contribution in [-0.4, -0.2) is 30.5 Å². The third-order valence-corrected chi connectivity index (χ3v) is 8.15. The van der Waals surface area contributed by atoms with Crippen LogP contribution < -0.4 is 14.8 Å². The Kier molecular flexibility index (Phi) is 8.52. The Morgan fingerprint density at radius 2 is 1.78 bits per heavy atom.